The van der Waals surface area contributed by atoms with Gasteiger partial charge in [0.05, 0.1) is 33.8 Å². The number of rotatable bonds is 61. The van der Waals surface area contributed by atoms with Gasteiger partial charge in [-0.15, -0.1) is 0 Å². The van der Waals surface area contributed by atoms with Crippen molar-refractivity contribution in [1.82, 2.24) is 5.32 Å². The molecule has 0 rings (SSSR count). The lowest BCUT2D eigenvalue weighted by atomic mass is 10.0. The highest BCUT2D eigenvalue weighted by Crippen LogP contribution is 2.43. The molecule has 0 aliphatic rings. The van der Waals surface area contributed by atoms with Gasteiger partial charge in [0.1, 0.15) is 19.3 Å². The Morgan fingerprint density at radius 3 is 1.09 bits per heavy atom. The van der Waals surface area contributed by atoms with Crippen molar-refractivity contribution >= 4 is 19.7 Å². The first-order chi connectivity index (χ1) is 36.4. The lowest BCUT2D eigenvalue weighted by Crippen LogP contribution is -2.47. The minimum Gasteiger partial charge on any atom is -0.456 e. The number of nitrogens with zero attached hydrogens (tertiary/aromatic N) is 1. The van der Waals surface area contributed by atoms with E-state index >= 15 is 0 Å². The van der Waals surface area contributed by atoms with Crippen LogP contribution in [0.1, 0.15) is 342 Å². The Kier molecular flexibility index (Phi) is 55.1. The Hall–Kier alpha value is -1.25. The highest BCUT2D eigenvalue weighted by Gasteiger charge is 2.30. The number of hydrogen-bond donors (Lipinski definition) is 2. The topological polar surface area (TPSA) is 111 Å². The summed E-state index contributed by atoms with van der Waals surface area (Å²) in [6.07, 6.45) is 65.0. The zero-order valence-electron chi connectivity index (χ0n) is 51.1. The lowest BCUT2D eigenvalue weighted by molar-refractivity contribution is -0.870. The van der Waals surface area contributed by atoms with E-state index in [1.165, 1.54) is 250 Å². The first-order valence-electron chi connectivity index (χ1n) is 33.0. The third-order valence-electron chi connectivity index (χ3n) is 15.2. The quantitative estimate of drug-likeness (QED) is 0.0205. The number of quaternary nitrogens is 1. The van der Waals surface area contributed by atoms with E-state index in [0.717, 1.165) is 57.8 Å². The van der Waals surface area contributed by atoms with Gasteiger partial charge in [0.15, 0.2) is 0 Å². The minimum atomic E-state index is -4.44. The summed E-state index contributed by atoms with van der Waals surface area (Å²) in [7, 11) is 1.52. The monoisotopic (exact) mass is 1080 g/mol. The van der Waals surface area contributed by atoms with Crippen molar-refractivity contribution in [2.45, 2.75) is 354 Å². The van der Waals surface area contributed by atoms with Crippen molar-refractivity contribution in [1.29, 1.82) is 0 Å². The fourth-order valence-corrected chi connectivity index (χ4v) is 10.9. The van der Waals surface area contributed by atoms with Gasteiger partial charge in [-0.2, -0.15) is 0 Å². The van der Waals surface area contributed by atoms with Crippen LogP contribution in [-0.4, -0.2) is 74.3 Å². The zero-order chi connectivity index (χ0) is 55.0. The Morgan fingerprint density at radius 2 is 0.760 bits per heavy atom. The number of phosphoric ester groups is 1. The molecule has 0 bridgehead atoms. The van der Waals surface area contributed by atoms with Crippen LogP contribution in [0.25, 0.3) is 0 Å². The summed E-state index contributed by atoms with van der Waals surface area (Å²) < 4.78 is 30.7. The number of carbonyl (C=O) groups is 2. The standard InChI is InChI=1S/C65H129N2O7P/c1-7-10-13-16-19-22-25-28-30-31-32-33-34-35-36-37-38-39-42-45-48-51-54-57-64(68)66-62(61-73-75(70,71)72-60-59-67(4,5)6)63(56-53-50-47-44-41-27-24-21-18-15-12-9-3)74-65(69)58-55-52-49-46-43-40-29-26-23-20-17-14-11-8-2/h53,56,62-63H,7-52,54-55,57-61H2,1-6H3,(H-,66,68,70,71)/p+1/b56-53-. The number of likely N-dealkylation sites (N-methyl/N-ethyl adjacent to an activating group) is 1. The van der Waals surface area contributed by atoms with Crippen molar-refractivity contribution in [3.63, 3.8) is 0 Å². The molecular weight excluding hydrogens is 952 g/mol. The summed E-state index contributed by atoms with van der Waals surface area (Å²) >= 11 is 0. The number of ether oxygens (including phenoxy) is 1. The highest BCUT2D eigenvalue weighted by molar-refractivity contribution is 7.47. The van der Waals surface area contributed by atoms with Gasteiger partial charge in [0, 0.05) is 12.8 Å². The third kappa shape index (κ3) is 57.3. The predicted octanol–water partition coefficient (Wildman–Crippen LogP) is 20.3. The molecule has 10 heteroatoms. The molecule has 0 aromatic rings. The molecule has 0 radical (unpaired) electrons. The molecule has 0 fully saturated rings. The minimum absolute atomic E-state index is 0.0458. The molecule has 0 aliphatic carbocycles. The van der Waals surface area contributed by atoms with Crippen LogP contribution in [0.3, 0.4) is 0 Å². The van der Waals surface area contributed by atoms with Crippen molar-refractivity contribution in [2.75, 3.05) is 40.9 Å². The maximum atomic E-state index is 13.6. The largest absolute Gasteiger partial charge is 0.472 e. The maximum Gasteiger partial charge on any atom is 0.472 e. The smallest absolute Gasteiger partial charge is 0.456 e. The Bertz CT molecular complexity index is 1290. The number of esters is 1. The molecule has 3 unspecified atom stereocenters. The predicted molar refractivity (Wildman–Crippen MR) is 323 cm³/mol. The number of phosphoric acid groups is 1. The van der Waals surface area contributed by atoms with Gasteiger partial charge < -0.3 is 19.4 Å². The van der Waals surface area contributed by atoms with Gasteiger partial charge in [-0.25, -0.2) is 4.57 Å². The zero-order valence-corrected chi connectivity index (χ0v) is 52.0. The normalized spacial score (nSPS) is 13.6. The molecule has 0 saturated carbocycles. The molecule has 9 nitrogen and oxygen atoms in total. The third-order valence-corrected chi connectivity index (χ3v) is 16.2. The number of unbranched alkanes of at least 4 members (excludes halogenated alkanes) is 45. The Morgan fingerprint density at radius 1 is 0.453 bits per heavy atom. The van der Waals surface area contributed by atoms with E-state index in [0.29, 0.717) is 23.9 Å². The number of amides is 1. The molecule has 0 spiro atoms. The van der Waals surface area contributed by atoms with E-state index in [1.807, 2.05) is 33.3 Å². The molecule has 2 N–H and O–H groups in total. The van der Waals surface area contributed by atoms with Crippen LogP contribution in [0.2, 0.25) is 0 Å². The van der Waals surface area contributed by atoms with Crippen molar-refractivity contribution < 1.29 is 37.3 Å². The van der Waals surface area contributed by atoms with E-state index in [1.54, 1.807) is 0 Å². The molecule has 446 valence electrons. The fraction of sp³-hybridized carbons (Fsp3) is 0.938. The van der Waals surface area contributed by atoms with Crippen molar-refractivity contribution in [3.05, 3.63) is 12.2 Å². The molecule has 75 heavy (non-hydrogen) atoms. The molecule has 0 saturated heterocycles. The van der Waals surface area contributed by atoms with E-state index < -0.39 is 20.0 Å². The molecule has 3 atom stereocenters. The van der Waals surface area contributed by atoms with Crippen LogP contribution in [0, 0.1) is 0 Å². The summed E-state index contributed by atoms with van der Waals surface area (Å²) in [4.78, 5) is 37.7. The van der Waals surface area contributed by atoms with Crippen LogP contribution in [-0.2, 0) is 27.9 Å². The average Bonchev–Trinajstić information content (AvgIpc) is 3.37. The highest BCUT2D eigenvalue weighted by atomic mass is 31.2. The summed E-state index contributed by atoms with van der Waals surface area (Å²) in [5.41, 5.74) is 0. The van der Waals surface area contributed by atoms with Crippen LogP contribution in [0.5, 0.6) is 0 Å². The fourth-order valence-electron chi connectivity index (χ4n) is 10.1. The summed E-state index contributed by atoms with van der Waals surface area (Å²) in [5, 5.41) is 3.07. The van der Waals surface area contributed by atoms with E-state index in [-0.39, 0.29) is 25.1 Å². The second-order valence-electron chi connectivity index (χ2n) is 24.0. The number of carbonyl (C=O) groups excluding carboxylic acids is 2. The molecule has 0 heterocycles. The SMILES string of the molecule is CCCCCCCCCCCC/C=C\C(OC(=O)CCCCCCCCCCCCCCCC)C(COP(=O)(O)OCC[N+](C)(C)C)NC(=O)CCCCCCCCCCCCCCCCCCCCCCCCC. The van der Waals surface area contributed by atoms with Gasteiger partial charge in [0.25, 0.3) is 0 Å². The summed E-state index contributed by atoms with van der Waals surface area (Å²) in [6.45, 7) is 7.07. The van der Waals surface area contributed by atoms with Gasteiger partial charge in [-0.3, -0.25) is 18.6 Å². The number of allylic oxidation sites excluding steroid dienone is 1. The van der Waals surface area contributed by atoms with Gasteiger partial charge in [0.2, 0.25) is 5.91 Å². The van der Waals surface area contributed by atoms with Crippen LogP contribution < -0.4 is 5.32 Å². The maximum absolute atomic E-state index is 13.6. The van der Waals surface area contributed by atoms with Gasteiger partial charge >= 0.3 is 13.8 Å². The second kappa shape index (κ2) is 56.0. The van der Waals surface area contributed by atoms with Crippen LogP contribution in [0.4, 0.5) is 0 Å². The van der Waals surface area contributed by atoms with Crippen molar-refractivity contribution in [2.24, 2.45) is 0 Å². The van der Waals surface area contributed by atoms with Crippen molar-refractivity contribution in [3.8, 4) is 0 Å². The lowest BCUT2D eigenvalue weighted by Gasteiger charge is -2.27. The molecule has 0 aromatic heterocycles. The van der Waals surface area contributed by atoms with Crippen LogP contribution >= 0.6 is 7.82 Å². The molecule has 0 aliphatic heterocycles. The number of hydrogen-bond acceptors (Lipinski definition) is 6. The van der Waals surface area contributed by atoms with E-state index in [2.05, 4.69) is 26.1 Å². The Labute approximate surface area is 467 Å². The summed E-state index contributed by atoms with van der Waals surface area (Å²) in [6, 6.07) is -0.839. The molecule has 0 aromatic carbocycles. The first-order valence-corrected chi connectivity index (χ1v) is 34.5. The average molecular weight is 1080 g/mol. The first kappa shape index (κ1) is 73.8. The van der Waals surface area contributed by atoms with E-state index in [4.69, 9.17) is 13.8 Å². The Balaban J connectivity index is 5.07. The number of nitrogens with one attached hydrogen (secondary N) is 1. The molecule has 1 amide bonds. The van der Waals surface area contributed by atoms with Gasteiger partial charge in [-0.1, -0.05) is 309 Å². The van der Waals surface area contributed by atoms with Gasteiger partial charge in [-0.05, 0) is 31.8 Å². The van der Waals surface area contributed by atoms with E-state index in [9.17, 15) is 19.0 Å². The molecular formula is C65H130N2O7P+. The van der Waals surface area contributed by atoms with Crippen LogP contribution in [0.15, 0.2) is 12.2 Å². The second-order valence-corrected chi connectivity index (χ2v) is 25.5. The summed E-state index contributed by atoms with van der Waals surface area (Å²) in [5.74, 6) is -0.482.